The van der Waals surface area contributed by atoms with Crippen LogP contribution < -0.4 is 4.90 Å². The maximum Gasteiger partial charge on any atom is 0.244 e. The molecular formula is C20H28N2O3. The van der Waals surface area contributed by atoms with Gasteiger partial charge in [-0.25, -0.2) is 0 Å². The van der Waals surface area contributed by atoms with E-state index in [0.29, 0.717) is 6.61 Å². The van der Waals surface area contributed by atoms with Gasteiger partial charge in [0.15, 0.2) is 0 Å². The maximum atomic E-state index is 12.9. The van der Waals surface area contributed by atoms with E-state index in [-0.39, 0.29) is 29.6 Å². The number of carbonyl (C=O) groups excluding carboxylic acids is 1. The van der Waals surface area contributed by atoms with Crippen LogP contribution in [-0.4, -0.2) is 60.4 Å². The number of aliphatic hydroxyl groups excluding tert-OH is 1. The third kappa shape index (κ3) is 2.78. The van der Waals surface area contributed by atoms with Crippen molar-refractivity contribution in [3.05, 3.63) is 30.3 Å². The van der Waals surface area contributed by atoms with E-state index < -0.39 is 0 Å². The summed E-state index contributed by atoms with van der Waals surface area (Å²) in [7, 11) is 0. The molecule has 2 saturated heterocycles. The zero-order chi connectivity index (χ0) is 17.4. The van der Waals surface area contributed by atoms with Crippen molar-refractivity contribution in [2.45, 2.75) is 50.9 Å². The number of benzene rings is 1. The number of para-hydroxylation sites is 1. The second kappa shape index (κ2) is 6.71. The molecule has 0 bridgehead atoms. The van der Waals surface area contributed by atoms with Crippen LogP contribution in [0.15, 0.2) is 30.3 Å². The number of anilines is 1. The van der Waals surface area contributed by atoms with Gasteiger partial charge in [-0.05, 0) is 51.4 Å². The van der Waals surface area contributed by atoms with E-state index in [0.717, 1.165) is 51.0 Å². The molecule has 3 unspecified atom stereocenters. The Balaban J connectivity index is 1.39. The van der Waals surface area contributed by atoms with Crippen LogP contribution in [0.5, 0.6) is 0 Å². The lowest BCUT2D eigenvalue weighted by Crippen LogP contribution is -2.63. The minimum atomic E-state index is -0.244. The van der Waals surface area contributed by atoms with Crippen molar-refractivity contribution in [2.24, 2.45) is 5.41 Å². The molecule has 5 nitrogen and oxygen atoms in total. The van der Waals surface area contributed by atoms with Gasteiger partial charge in [-0.2, -0.15) is 0 Å². The summed E-state index contributed by atoms with van der Waals surface area (Å²) < 4.78 is 5.84. The van der Waals surface area contributed by atoms with E-state index in [2.05, 4.69) is 4.90 Å². The highest BCUT2D eigenvalue weighted by Gasteiger charge is 2.56. The molecule has 136 valence electrons. The molecule has 4 rings (SSSR count). The monoisotopic (exact) mass is 344 g/mol. The Kier molecular flexibility index (Phi) is 4.56. The predicted molar refractivity (Wildman–Crippen MR) is 96.5 cm³/mol. The second-order valence-corrected chi connectivity index (χ2v) is 7.59. The average molecular weight is 344 g/mol. The van der Waals surface area contributed by atoms with Gasteiger partial charge in [0, 0.05) is 30.7 Å². The van der Waals surface area contributed by atoms with E-state index in [1.807, 2.05) is 42.2 Å². The van der Waals surface area contributed by atoms with Crippen molar-refractivity contribution in [3.63, 3.8) is 0 Å². The molecule has 3 fully saturated rings. The molecule has 0 radical (unpaired) electrons. The Morgan fingerprint density at radius 3 is 2.56 bits per heavy atom. The summed E-state index contributed by atoms with van der Waals surface area (Å²) in [5.74, 6) is 0.220. The van der Waals surface area contributed by atoms with Gasteiger partial charge < -0.3 is 14.7 Å². The van der Waals surface area contributed by atoms with E-state index >= 15 is 0 Å². The predicted octanol–water partition coefficient (Wildman–Crippen LogP) is 2.04. The molecule has 1 aromatic carbocycles. The third-order valence-corrected chi connectivity index (χ3v) is 6.52. The Labute approximate surface area is 149 Å². The zero-order valence-electron chi connectivity index (χ0n) is 14.9. The van der Waals surface area contributed by atoms with E-state index in [4.69, 9.17) is 4.74 Å². The van der Waals surface area contributed by atoms with Crippen LogP contribution in [-0.2, 0) is 9.53 Å². The summed E-state index contributed by atoms with van der Waals surface area (Å²) >= 11 is 0. The standard InChI is InChI=1S/C20H28N2O3/c1-2-25-18-14-17(23)20(18)9-12-21(13-10-20)16-8-11-22(19(16)24)15-6-4-3-5-7-15/h3-7,16-18,23H,2,8-14H2,1H3. The summed E-state index contributed by atoms with van der Waals surface area (Å²) in [6.45, 7) is 5.26. The van der Waals surface area contributed by atoms with Crippen molar-refractivity contribution in [1.29, 1.82) is 0 Å². The second-order valence-electron chi connectivity index (χ2n) is 7.59. The fourth-order valence-corrected chi connectivity index (χ4v) is 4.94. The van der Waals surface area contributed by atoms with Gasteiger partial charge in [-0.15, -0.1) is 0 Å². The molecule has 3 aliphatic rings. The molecule has 1 saturated carbocycles. The van der Waals surface area contributed by atoms with Crippen LogP contribution in [0.4, 0.5) is 5.69 Å². The number of rotatable bonds is 4. The number of amides is 1. The summed E-state index contributed by atoms with van der Waals surface area (Å²) in [6, 6.07) is 9.93. The van der Waals surface area contributed by atoms with Crippen molar-refractivity contribution in [2.75, 3.05) is 31.1 Å². The van der Waals surface area contributed by atoms with Gasteiger partial charge in [-0.3, -0.25) is 9.69 Å². The van der Waals surface area contributed by atoms with Crippen LogP contribution in [0.2, 0.25) is 0 Å². The first kappa shape index (κ1) is 17.0. The minimum Gasteiger partial charge on any atom is -0.392 e. The number of likely N-dealkylation sites (tertiary alicyclic amines) is 1. The zero-order valence-corrected chi connectivity index (χ0v) is 14.9. The lowest BCUT2D eigenvalue weighted by molar-refractivity contribution is -0.210. The number of aliphatic hydroxyl groups is 1. The number of piperidine rings is 1. The quantitative estimate of drug-likeness (QED) is 0.908. The molecule has 25 heavy (non-hydrogen) atoms. The maximum absolute atomic E-state index is 12.9. The lowest BCUT2D eigenvalue weighted by atomic mass is 9.58. The molecule has 0 aromatic heterocycles. The van der Waals surface area contributed by atoms with Gasteiger partial charge in [0.05, 0.1) is 18.2 Å². The van der Waals surface area contributed by atoms with Gasteiger partial charge in [0.25, 0.3) is 0 Å². The van der Waals surface area contributed by atoms with Gasteiger partial charge >= 0.3 is 0 Å². The Hall–Kier alpha value is -1.43. The molecule has 1 amide bonds. The minimum absolute atomic E-state index is 0.0136. The lowest BCUT2D eigenvalue weighted by Gasteiger charge is -2.57. The van der Waals surface area contributed by atoms with Crippen molar-refractivity contribution in [3.8, 4) is 0 Å². The van der Waals surface area contributed by atoms with Gasteiger partial charge in [0.1, 0.15) is 0 Å². The van der Waals surface area contributed by atoms with Crippen LogP contribution in [0, 0.1) is 5.41 Å². The Morgan fingerprint density at radius 2 is 1.92 bits per heavy atom. The van der Waals surface area contributed by atoms with Crippen LogP contribution in [0.25, 0.3) is 0 Å². The van der Waals surface area contributed by atoms with Crippen LogP contribution in [0.1, 0.15) is 32.6 Å². The molecule has 5 heteroatoms. The molecule has 3 atom stereocenters. The third-order valence-electron chi connectivity index (χ3n) is 6.52. The highest BCUT2D eigenvalue weighted by molar-refractivity contribution is 5.99. The van der Waals surface area contributed by atoms with Crippen molar-refractivity contribution in [1.82, 2.24) is 4.90 Å². The first-order valence-corrected chi connectivity index (χ1v) is 9.56. The van der Waals surface area contributed by atoms with Crippen molar-refractivity contribution >= 4 is 11.6 Å². The van der Waals surface area contributed by atoms with Gasteiger partial charge in [-0.1, -0.05) is 18.2 Å². The van der Waals surface area contributed by atoms with Crippen molar-refractivity contribution < 1.29 is 14.6 Å². The van der Waals surface area contributed by atoms with Gasteiger partial charge in [0.2, 0.25) is 5.91 Å². The fourth-order valence-electron chi connectivity index (χ4n) is 4.94. The number of hydrogen-bond donors (Lipinski definition) is 1. The largest absolute Gasteiger partial charge is 0.392 e. The average Bonchev–Trinajstić information content (AvgIpc) is 3.04. The molecule has 1 N–H and O–H groups in total. The smallest absolute Gasteiger partial charge is 0.244 e. The molecular weight excluding hydrogens is 316 g/mol. The normalized spacial score (nSPS) is 32.2. The number of nitrogens with zero attached hydrogens (tertiary/aromatic N) is 2. The number of ether oxygens (including phenoxy) is 1. The van der Waals surface area contributed by atoms with E-state index in [9.17, 15) is 9.90 Å². The first-order valence-electron chi connectivity index (χ1n) is 9.56. The molecule has 1 aliphatic carbocycles. The van der Waals surface area contributed by atoms with Crippen LogP contribution in [0.3, 0.4) is 0 Å². The topological polar surface area (TPSA) is 53.0 Å². The molecule has 1 spiro atoms. The first-order chi connectivity index (χ1) is 12.2. The number of hydrogen-bond acceptors (Lipinski definition) is 4. The highest BCUT2D eigenvalue weighted by Crippen LogP contribution is 2.51. The SMILES string of the molecule is CCOC1CC(O)C12CCN(C1CCN(c3ccccc3)C1=O)CC2. The Bertz CT molecular complexity index is 611. The fraction of sp³-hybridized carbons (Fsp3) is 0.650. The summed E-state index contributed by atoms with van der Waals surface area (Å²) in [4.78, 5) is 17.1. The van der Waals surface area contributed by atoms with Crippen LogP contribution >= 0.6 is 0 Å². The number of carbonyl (C=O) groups is 1. The molecule has 2 aliphatic heterocycles. The van der Waals surface area contributed by atoms with E-state index in [1.165, 1.54) is 0 Å². The summed E-state index contributed by atoms with van der Waals surface area (Å²) in [5.41, 5.74) is 0.919. The Morgan fingerprint density at radius 1 is 1.20 bits per heavy atom. The molecule has 1 aromatic rings. The molecule has 2 heterocycles. The summed E-state index contributed by atoms with van der Waals surface area (Å²) in [5, 5.41) is 10.3. The van der Waals surface area contributed by atoms with E-state index in [1.54, 1.807) is 0 Å². The summed E-state index contributed by atoms with van der Waals surface area (Å²) in [6.07, 6.45) is 3.44. The highest BCUT2D eigenvalue weighted by atomic mass is 16.5.